The molecule has 4 aliphatic rings. The lowest BCUT2D eigenvalue weighted by Crippen LogP contribution is -2.47. The molecule has 0 aromatic carbocycles. The summed E-state index contributed by atoms with van der Waals surface area (Å²) in [6, 6.07) is 2.03. The molecule has 0 aliphatic heterocycles. The van der Waals surface area contributed by atoms with Gasteiger partial charge in [0.1, 0.15) is 5.82 Å². The third-order valence-electron chi connectivity index (χ3n) is 5.82. The minimum absolute atomic E-state index is 0.549. The van der Waals surface area contributed by atoms with Gasteiger partial charge in [0, 0.05) is 19.2 Å². The van der Waals surface area contributed by atoms with Gasteiger partial charge in [-0.05, 0) is 74.8 Å². The number of hydrogen-bond acceptors (Lipinski definition) is 3. The molecule has 108 valence electrons. The highest BCUT2D eigenvalue weighted by molar-refractivity contribution is 5.08. The molecule has 4 saturated carbocycles. The van der Waals surface area contributed by atoms with Crippen molar-refractivity contribution in [1.82, 2.24) is 15.3 Å². The molecule has 0 spiro atoms. The Labute approximate surface area is 121 Å². The summed E-state index contributed by atoms with van der Waals surface area (Å²) in [5.74, 6) is 4.13. The molecule has 0 unspecified atom stereocenters. The van der Waals surface area contributed by atoms with E-state index in [2.05, 4.69) is 10.3 Å². The smallest absolute Gasteiger partial charge is 0.129 e. The molecular weight excluding hydrogens is 246 g/mol. The predicted molar refractivity (Wildman–Crippen MR) is 79.1 cm³/mol. The van der Waals surface area contributed by atoms with Crippen molar-refractivity contribution in [2.45, 2.75) is 51.5 Å². The summed E-state index contributed by atoms with van der Waals surface area (Å²) in [6.07, 6.45) is 11.9. The lowest BCUT2D eigenvalue weighted by atomic mass is 9.49. The van der Waals surface area contributed by atoms with E-state index in [-0.39, 0.29) is 0 Å². The SMILES string of the molecule is CNCc1ccnc(CC23CC4CC(CC(C4)C2)C3)n1. The van der Waals surface area contributed by atoms with Crippen molar-refractivity contribution in [3.63, 3.8) is 0 Å². The Balaban J connectivity index is 1.55. The van der Waals surface area contributed by atoms with Crippen molar-refractivity contribution in [2.24, 2.45) is 23.2 Å². The number of rotatable bonds is 4. The average Bonchev–Trinajstić information content (AvgIpc) is 2.37. The summed E-state index contributed by atoms with van der Waals surface area (Å²) in [7, 11) is 1.97. The van der Waals surface area contributed by atoms with E-state index in [0.717, 1.165) is 42.2 Å². The van der Waals surface area contributed by atoms with E-state index >= 15 is 0 Å². The van der Waals surface area contributed by atoms with Gasteiger partial charge < -0.3 is 5.32 Å². The Bertz CT molecular complexity index is 461. The summed E-state index contributed by atoms with van der Waals surface area (Å²) >= 11 is 0. The molecule has 0 atom stereocenters. The summed E-state index contributed by atoms with van der Waals surface area (Å²) in [6.45, 7) is 0.844. The first kappa shape index (κ1) is 12.8. The lowest BCUT2D eigenvalue weighted by molar-refractivity contribution is -0.0531. The standard InChI is InChI=1S/C17H25N3/c1-18-11-15-2-3-19-16(20-15)10-17-7-12-4-13(8-17)6-14(5-12)9-17/h2-3,12-14,18H,4-11H2,1H3. The quantitative estimate of drug-likeness (QED) is 0.915. The monoisotopic (exact) mass is 271 g/mol. The molecule has 20 heavy (non-hydrogen) atoms. The third kappa shape index (κ3) is 2.26. The Kier molecular flexibility index (Phi) is 3.06. The third-order valence-corrected chi connectivity index (χ3v) is 5.82. The zero-order valence-electron chi connectivity index (χ0n) is 12.4. The van der Waals surface area contributed by atoms with Crippen LogP contribution >= 0.6 is 0 Å². The first-order valence-electron chi connectivity index (χ1n) is 8.20. The van der Waals surface area contributed by atoms with Crippen LogP contribution in [-0.4, -0.2) is 17.0 Å². The van der Waals surface area contributed by atoms with Gasteiger partial charge in [-0.25, -0.2) is 9.97 Å². The molecule has 1 aromatic heterocycles. The number of nitrogens with one attached hydrogen (secondary N) is 1. The van der Waals surface area contributed by atoms with Crippen LogP contribution in [0.3, 0.4) is 0 Å². The highest BCUT2D eigenvalue weighted by atomic mass is 14.9. The molecule has 3 nitrogen and oxygen atoms in total. The first-order valence-corrected chi connectivity index (χ1v) is 8.20. The fourth-order valence-corrected chi connectivity index (χ4v) is 5.65. The first-order chi connectivity index (χ1) is 9.75. The average molecular weight is 271 g/mol. The van der Waals surface area contributed by atoms with Crippen molar-refractivity contribution < 1.29 is 0 Å². The van der Waals surface area contributed by atoms with E-state index in [4.69, 9.17) is 4.98 Å². The van der Waals surface area contributed by atoms with Gasteiger partial charge in [-0.1, -0.05) is 0 Å². The molecule has 4 fully saturated rings. The second-order valence-corrected chi connectivity index (χ2v) is 7.59. The van der Waals surface area contributed by atoms with Crippen LogP contribution in [0.15, 0.2) is 12.3 Å². The molecule has 1 N–H and O–H groups in total. The molecule has 4 bridgehead atoms. The van der Waals surface area contributed by atoms with Crippen molar-refractivity contribution >= 4 is 0 Å². The van der Waals surface area contributed by atoms with Gasteiger partial charge in [0.05, 0.1) is 5.69 Å². The van der Waals surface area contributed by atoms with Crippen LogP contribution in [-0.2, 0) is 13.0 Å². The number of hydrogen-bond donors (Lipinski definition) is 1. The Hall–Kier alpha value is -0.960. The van der Waals surface area contributed by atoms with Crippen molar-refractivity contribution in [2.75, 3.05) is 7.05 Å². The summed E-state index contributed by atoms with van der Waals surface area (Å²) < 4.78 is 0. The maximum Gasteiger partial charge on any atom is 0.129 e. The predicted octanol–water partition coefficient (Wildman–Crippen LogP) is 2.95. The molecule has 1 aromatic rings. The molecule has 1 heterocycles. The maximum atomic E-state index is 4.76. The van der Waals surface area contributed by atoms with Gasteiger partial charge >= 0.3 is 0 Å². The maximum absolute atomic E-state index is 4.76. The topological polar surface area (TPSA) is 37.8 Å². The van der Waals surface area contributed by atoms with Crippen LogP contribution in [0.4, 0.5) is 0 Å². The summed E-state index contributed by atoms with van der Waals surface area (Å²) in [5, 5.41) is 3.18. The van der Waals surface area contributed by atoms with Gasteiger partial charge in [0.2, 0.25) is 0 Å². The zero-order chi connectivity index (χ0) is 13.6. The highest BCUT2D eigenvalue weighted by Crippen LogP contribution is 2.60. The number of aromatic nitrogens is 2. The number of nitrogens with zero attached hydrogens (tertiary/aromatic N) is 2. The van der Waals surface area contributed by atoms with Gasteiger partial charge in [-0.15, -0.1) is 0 Å². The van der Waals surface area contributed by atoms with Gasteiger partial charge in [-0.2, -0.15) is 0 Å². The van der Waals surface area contributed by atoms with Crippen molar-refractivity contribution in [3.8, 4) is 0 Å². The summed E-state index contributed by atoms with van der Waals surface area (Å²) in [4.78, 5) is 9.32. The van der Waals surface area contributed by atoms with Gasteiger partial charge in [0.25, 0.3) is 0 Å². The van der Waals surface area contributed by atoms with Gasteiger partial charge in [-0.3, -0.25) is 0 Å². The normalized spacial score (nSPS) is 38.4. The second-order valence-electron chi connectivity index (χ2n) is 7.59. The van der Waals surface area contributed by atoms with E-state index in [1.165, 1.54) is 38.5 Å². The summed E-state index contributed by atoms with van der Waals surface area (Å²) in [5.41, 5.74) is 1.68. The zero-order valence-corrected chi connectivity index (χ0v) is 12.4. The Morgan fingerprint density at radius 2 is 1.80 bits per heavy atom. The van der Waals surface area contributed by atoms with Crippen molar-refractivity contribution in [1.29, 1.82) is 0 Å². The van der Waals surface area contributed by atoms with Crippen LogP contribution in [0.5, 0.6) is 0 Å². The minimum Gasteiger partial charge on any atom is -0.314 e. The van der Waals surface area contributed by atoms with Crippen LogP contribution in [0, 0.1) is 23.2 Å². The van der Waals surface area contributed by atoms with Crippen LogP contribution in [0.1, 0.15) is 50.0 Å². The van der Waals surface area contributed by atoms with E-state index < -0.39 is 0 Å². The van der Waals surface area contributed by atoms with Gasteiger partial charge in [0.15, 0.2) is 0 Å². The van der Waals surface area contributed by atoms with E-state index in [0.29, 0.717) is 5.41 Å². The fourth-order valence-electron chi connectivity index (χ4n) is 5.65. The van der Waals surface area contributed by atoms with E-state index in [1.807, 2.05) is 19.3 Å². The molecule has 3 heteroatoms. The Morgan fingerprint density at radius 1 is 1.15 bits per heavy atom. The lowest BCUT2D eigenvalue weighted by Gasteiger charge is -2.56. The van der Waals surface area contributed by atoms with Crippen molar-refractivity contribution in [3.05, 3.63) is 23.8 Å². The van der Waals surface area contributed by atoms with Crippen LogP contribution in [0.2, 0.25) is 0 Å². The minimum atomic E-state index is 0.549. The van der Waals surface area contributed by atoms with Crippen LogP contribution in [0.25, 0.3) is 0 Å². The Morgan fingerprint density at radius 3 is 2.40 bits per heavy atom. The van der Waals surface area contributed by atoms with Crippen LogP contribution < -0.4 is 5.32 Å². The van der Waals surface area contributed by atoms with E-state index in [1.54, 1.807) is 0 Å². The fraction of sp³-hybridized carbons (Fsp3) is 0.765. The molecule has 5 rings (SSSR count). The second kappa shape index (κ2) is 4.80. The molecule has 0 amide bonds. The largest absolute Gasteiger partial charge is 0.314 e. The molecule has 4 aliphatic carbocycles. The van der Waals surface area contributed by atoms with E-state index in [9.17, 15) is 0 Å². The highest BCUT2D eigenvalue weighted by Gasteiger charge is 2.50. The molecule has 0 radical (unpaired) electrons. The molecular formula is C17H25N3. The molecule has 0 saturated heterocycles.